The molecule has 0 saturated carbocycles. The number of para-hydroxylation sites is 1. The highest BCUT2D eigenvalue weighted by Crippen LogP contribution is 2.61. The molecule has 0 spiro atoms. The van der Waals surface area contributed by atoms with Gasteiger partial charge in [0.25, 0.3) is 0 Å². The molecule has 0 radical (unpaired) electrons. The SMILES string of the molecule is c1ccc(-c2c3c(c(-c4ccccc4)c4ccccc24)-c2ccc(-c4ccc(N(c5cccc(-c6ccc7c(-c8ccccc8)c8c(c(-c9ccccc9)c7c6)-c6cccc7c(-c9ccc(N(c%10ccccc%10)c%10cccnc%10)cc9)ccc-8c67)c5)c5ccccn5)cc4)c4cccc-3c24)cc1. The first-order valence-corrected chi connectivity index (χ1v) is 35.0. The van der Waals surface area contributed by atoms with E-state index < -0.39 is 0 Å². The maximum absolute atomic E-state index is 5.05. The predicted molar refractivity (Wildman–Crippen MR) is 428 cm³/mol. The smallest absolute Gasteiger partial charge is 0.137 e. The Balaban J connectivity index is 0.702. The number of aromatic nitrogens is 2. The molecule has 4 heteroatoms. The Kier molecular flexibility index (Phi) is 13.9. The molecule has 102 heavy (non-hydrogen) atoms. The van der Waals surface area contributed by atoms with Gasteiger partial charge in [-0.1, -0.05) is 279 Å². The Bertz CT molecular complexity index is 6170. The Morgan fingerprint density at radius 1 is 0.186 bits per heavy atom. The first-order valence-electron chi connectivity index (χ1n) is 35.0. The average molecular weight is 1300 g/mol. The van der Waals surface area contributed by atoms with Crippen molar-refractivity contribution in [3.05, 3.63) is 377 Å². The fourth-order valence-electron chi connectivity index (χ4n) is 16.8. The van der Waals surface area contributed by atoms with Gasteiger partial charge in [-0.15, -0.1) is 0 Å². The topological polar surface area (TPSA) is 32.3 Å². The normalized spacial score (nSPS) is 11.7. The highest BCUT2D eigenvalue weighted by atomic mass is 15.2. The van der Waals surface area contributed by atoms with Gasteiger partial charge in [-0.25, -0.2) is 4.98 Å². The minimum absolute atomic E-state index is 0.832. The lowest BCUT2D eigenvalue weighted by atomic mass is 9.82. The van der Waals surface area contributed by atoms with Crippen molar-refractivity contribution in [3.63, 3.8) is 0 Å². The van der Waals surface area contributed by atoms with E-state index in [9.17, 15) is 0 Å². The Labute approximate surface area is 592 Å². The van der Waals surface area contributed by atoms with Crippen molar-refractivity contribution in [1.82, 2.24) is 9.97 Å². The van der Waals surface area contributed by atoms with Gasteiger partial charge in [0.05, 0.1) is 11.9 Å². The highest BCUT2D eigenvalue weighted by Gasteiger charge is 2.34. The van der Waals surface area contributed by atoms with Crippen molar-refractivity contribution in [2.45, 2.75) is 0 Å². The van der Waals surface area contributed by atoms with Crippen LogP contribution in [0.4, 0.5) is 34.3 Å². The summed E-state index contributed by atoms with van der Waals surface area (Å²) in [5, 5.41) is 9.95. The molecule has 0 aliphatic heterocycles. The molecule has 0 atom stereocenters. The number of nitrogens with zero attached hydrogens (tertiary/aromatic N) is 4. The van der Waals surface area contributed by atoms with Gasteiger partial charge in [-0.05, 0) is 244 Å². The third-order valence-corrected chi connectivity index (χ3v) is 21.0. The number of hydrogen-bond donors (Lipinski definition) is 0. The lowest BCUT2D eigenvalue weighted by molar-refractivity contribution is 1.18. The van der Waals surface area contributed by atoms with Crippen LogP contribution < -0.4 is 9.80 Å². The second kappa shape index (κ2) is 24.2. The molecular weight excluding hydrogens is 1230 g/mol. The summed E-state index contributed by atoms with van der Waals surface area (Å²) < 4.78 is 0. The van der Waals surface area contributed by atoms with Crippen molar-refractivity contribution in [3.8, 4) is 122 Å². The third kappa shape index (κ3) is 9.45. The maximum Gasteiger partial charge on any atom is 0.137 e. The number of fused-ring (bicyclic) bond motifs is 8. The van der Waals surface area contributed by atoms with Gasteiger partial charge in [0.1, 0.15) is 5.82 Å². The monoisotopic (exact) mass is 1290 g/mol. The third-order valence-electron chi connectivity index (χ3n) is 21.0. The van der Waals surface area contributed by atoms with Crippen LogP contribution in [0.5, 0.6) is 0 Å². The molecule has 2 aromatic heterocycles. The zero-order chi connectivity index (χ0) is 67.2. The van der Waals surface area contributed by atoms with Crippen LogP contribution in [-0.4, -0.2) is 9.97 Å². The molecule has 2 aliphatic rings. The molecule has 0 amide bonds. The van der Waals surface area contributed by atoms with Gasteiger partial charge >= 0.3 is 0 Å². The van der Waals surface area contributed by atoms with Gasteiger partial charge < -0.3 is 4.90 Å². The molecule has 0 fully saturated rings. The van der Waals surface area contributed by atoms with Gasteiger partial charge in [0, 0.05) is 35.1 Å². The Morgan fingerprint density at radius 2 is 0.559 bits per heavy atom. The zero-order valence-corrected chi connectivity index (χ0v) is 55.6. The van der Waals surface area contributed by atoms with Crippen LogP contribution >= 0.6 is 0 Å². The molecule has 18 aromatic rings. The Morgan fingerprint density at radius 3 is 1.05 bits per heavy atom. The summed E-state index contributed by atoms with van der Waals surface area (Å²) in [4.78, 5) is 14.1. The summed E-state index contributed by atoms with van der Waals surface area (Å²) >= 11 is 0. The van der Waals surface area contributed by atoms with Gasteiger partial charge in [-0.2, -0.15) is 0 Å². The number of hydrogen-bond acceptors (Lipinski definition) is 4. The molecule has 0 unspecified atom stereocenters. The molecule has 0 bridgehead atoms. The fourth-order valence-corrected chi connectivity index (χ4v) is 16.8. The van der Waals surface area contributed by atoms with Crippen molar-refractivity contribution >= 4 is 77.3 Å². The lowest BCUT2D eigenvalue weighted by Gasteiger charge is -2.25. The molecule has 474 valence electrons. The van der Waals surface area contributed by atoms with E-state index in [1.165, 1.54) is 143 Å². The van der Waals surface area contributed by atoms with Gasteiger partial charge in [0.2, 0.25) is 0 Å². The molecule has 2 heterocycles. The molecule has 0 saturated heterocycles. The second-order valence-electron chi connectivity index (χ2n) is 26.6. The average Bonchev–Trinajstić information content (AvgIpc) is 1.52. The van der Waals surface area contributed by atoms with E-state index in [1.54, 1.807) is 0 Å². The van der Waals surface area contributed by atoms with Crippen molar-refractivity contribution in [2.75, 3.05) is 9.80 Å². The molecule has 20 rings (SSSR count). The summed E-state index contributed by atoms with van der Waals surface area (Å²) in [7, 11) is 0. The maximum atomic E-state index is 5.05. The molecule has 2 aliphatic carbocycles. The van der Waals surface area contributed by atoms with E-state index in [2.05, 4.69) is 361 Å². The number of rotatable bonds is 13. The summed E-state index contributed by atoms with van der Waals surface area (Å²) in [6.07, 6.45) is 5.64. The summed E-state index contributed by atoms with van der Waals surface area (Å²) in [5.41, 5.74) is 32.1. The van der Waals surface area contributed by atoms with Crippen molar-refractivity contribution in [1.29, 1.82) is 0 Å². The minimum Gasteiger partial charge on any atom is -0.309 e. The van der Waals surface area contributed by atoms with E-state index in [0.29, 0.717) is 0 Å². The summed E-state index contributed by atoms with van der Waals surface area (Å²) in [6.45, 7) is 0. The highest BCUT2D eigenvalue weighted by molar-refractivity contribution is 6.31. The van der Waals surface area contributed by atoms with Gasteiger partial charge in [-0.3, -0.25) is 9.88 Å². The number of anilines is 6. The largest absolute Gasteiger partial charge is 0.309 e. The number of pyridine rings is 2. The van der Waals surface area contributed by atoms with E-state index in [0.717, 1.165) is 56.5 Å². The van der Waals surface area contributed by atoms with Crippen LogP contribution in [0.1, 0.15) is 0 Å². The quantitative estimate of drug-likeness (QED) is 0.115. The van der Waals surface area contributed by atoms with Crippen LogP contribution in [0, 0.1) is 0 Å². The first kappa shape index (κ1) is 58.6. The van der Waals surface area contributed by atoms with Crippen LogP contribution in [-0.2, 0) is 0 Å². The first-order chi connectivity index (χ1) is 50.7. The predicted octanol–water partition coefficient (Wildman–Crippen LogP) is 27.0. The Hall–Kier alpha value is -13.5. The minimum atomic E-state index is 0.832. The van der Waals surface area contributed by atoms with Crippen LogP contribution in [0.15, 0.2) is 377 Å². The molecule has 16 aromatic carbocycles. The lowest BCUT2D eigenvalue weighted by Crippen LogP contribution is -2.11. The summed E-state index contributed by atoms with van der Waals surface area (Å²) in [6, 6.07) is 131. The van der Waals surface area contributed by atoms with Crippen molar-refractivity contribution < 1.29 is 0 Å². The number of benzene rings is 16. The fraction of sp³-hybridized carbons (Fsp3) is 0. The standard InChI is InChI=1S/C98H62N4/c1-6-24-65(25-7-1)89-80-37-16-17-38-81(80)90(66-26-8-2-9-27-66)97-85-56-54-77(78-39-21-41-83(93(78)85)95(89)97)64-46-51-73(52-47-64)102(88-43-18-19-59-100-88)74-35-20-32-69(60-74)70-48-53-82-87(61-70)92(68-30-12-4-13-31-68)96-84-42-22-40-79-76(55-57-86(94(79)84)98(96)91(82)67-28-10-3-11-29-67)63-44-49-72(50-45-63)101(71-33-14-5-15-34-71)75-36-23-58-99-62-75/h1-62H. The zero-order valence-electron chi connectivity index (χ0n) is 55.6. The van der Waals surface area contributed by atoms with E-state index in [-0.39, 0.29) is 0 Å². The molecule has 0 N–H and O–H groups in total. The van der Waals surface area contributed by atoms with E-state index in [1.807, 2.05) is 30.7 Å². The van der Waals surface area contributed by atoms with Crippen LogP contribution in [0.25, 0.3) is 165 Å². The van der Waals surface area contributed by atoms with E-state index >= 15 is 0 Å². The van der Waals surface area contributed by atoms with Crippen LogP contribution in [0.3, 0.4) is 0 Å². The molecule has 4 nitrogen and oxygen atoms in total. The van der Waals surface area contributed by atoms with Crippen LogP contribution in [0.2, 0.25) is 0 Å². The van der Waals surface area contributed by atoms with Gasteiger partial charge in [0.15, 0.2) is 0 Å². The second-order valence-corrected chi connectivity index (χ2v) is 26.6. The van der Waals surface area contributed by atoms with Crippen molar-refractivity contribution in [2.24, 2.45) is 0 Å². The molecular formula is C98H62N4. The van der Waals surface area contributed by atoms with E-state index in [4.69, 9.17) is 4.98 Å². The summed E-state index contributed by atoms with van der Waals surface area (Å²) in [5.74, 6) is 0.832.